The molecule has 0 aromatic heterocycles. The van der Waals surface area contributed by atoms with Crippen LogP contribution in [-0.2, 0) is 0 Å². The standard InChI is InChI=1S/C22H46.2C17H36.C16H34/c1-7-10-15-20(13-8-2)17-18-21(14-9-3)16-11-12-19-22(4,5)6;1-14(2)9-8-10-15(3)11-12-16(4)13-17(5,6)7;1-6-7-8-10-13-16(2)14-11-9-12-15-17(3,4)5;1-6-7-9-12-15(2)13-10-8-11-14-16(3,4)5/h20-21H,7-19H2,1-6H3;14-16H,8-13H2,1-7H3;16H,6-15H2,1-5H3;15H,6-14H2,1-5H3. The van der Waals surface area contributed by atoms with Gasteiger partial charge in [-0.1, -0.05) is 378 Å². The van der Waals surface area contributed by atoms with Gasteiger partial charge in [0.2, 0.25) is 0 Å². The molecule has 0 spiro atoms. The minimum absolute atomic E-state index is 0.500. The first-order valence-corrected chi connectivity index (χ1v) is 33.5. The van der Waals surface area contributed by atoms with Crippen LogP contribution in [-0.4, -0.2) is 0 Å². The van der Waals surface area contributed by atoms with E-state index in [9.17, 15) is 0 Å². The Labute approximate surface area is 464 Å². The predicted molar refractivity (Wildman–Crippen MR) is 340 cm³/mol. The van der Waals surface area contributed by atoms with E-state index in [1.165, 1.54) is 244 Å². The fourth-order valence-corrected chi connectivity index (χ4v) is 11.1. The monoisotopic (exact) mass is 1020 g/mol. The van der Waals surface area contributed by atoms with E-state index in [2.05, 4.69) is 159 Å². The molecule has 0 saturated heterocycles. The van der Waals surface area contributed by atoms with Crippen LogP contribution >= 0.6 is 0 Å². The highest BCUT2D eigenvalue weighted by atomic mass is 14.2. The molecule has 0 bridgehead atoms. The summed E-state index contributed by atoms with van der Waals surface area (Å²) in [6, 6.07) is 0. The molecule has 72 heavy (non-hydrogen) atoms. The van der Waals surface area contributed by atoms with Gasteiger partial charge in [-0.15, -0.1) is 0 Å². The first kappa shape index (κ1) is 78.5. The molecular formula is C72H152. The molecule has 0 amide bonds. The van der Waals surface area contributed by atoms with Crippen LogP contribution in [0.3, 0.4) is 0 Å². The fourth-order valence-electron chi connectivity index (χ4n) is 11.1. The molecule has 0 aliphatic rings. The summed E-state index contributed by atoms with van der Waals surface area (Å²) in [6.07, 6.45) is 54.3. The second-order valence-electron chi connectivity index (χ2n) is 30.6. The van der Waals surface area contributed by atoms with Crippen LogP contribution in [0.1, 0.15) is 403 Å². The number of unbranched alkanes of at least 4 members (excludes halogenated alkanes) is 11. The summed E-state index contributed by atoms with van der Waals surface area (Å²) in [4.78, 5) is 0. The molecule has 6 unspecified atom stereocenters. The second-order valence-corrected chi connectivity index (χ2v) is 30.6. The lowest BCUT2D eigenvalue weighted by Crippen LogP contribution is -2.11. The van der Waals surface area contributed by atoms with Gasteiger partial charge in [0.05, 0.1) is 0 Å². The van der Waals surface area contributed by atoms with Crippen molar-refractivity contribution in [1.82, 2.24) is 0 Å². The molecule has 6 atom stereocenters. The van der Waals surface area contributed by atoms with E-state index >= 15 is 0 Å². The van der Waals surface area contributed by atoms with Crippen molar-refractivity contribution in [2.24, 2.45) is 63.1 Å². The van der Waals surface area contributed by atoms with Gasteiger partial charge >= 0.3 is 0 Å². The summed E-state index contributed by atoms with van der Waals surface area (Å²) < 4.78 is 0. The molecule has 440 valence electrons. The third-order valence-electron chi connectivity index (χ3n) is 15.8. The fraction of sp³-hybridized carbons (Fsp3) is 1.00. The van der Waals surface area contributed by atoms with E-state index in [0.717, 1.165) is 41.4 Å². The van der Waals surface area contributed by atoms with E-state index in [-0.39, 0.29) is 0 Å². The highest BCUT2D eigenvalue weighted by molar-refractivity contribution is 4.70. The summed E-state index contributed by atoms with van der Waals surface area (Å²) in [5.74, 6) is 6.63. The SMILES string of the molecule is CC(C)CCCC(C)CCC(C)CC(C)(C)C.CCCCC(CCC)CCC(CCC)CCCCC(C)(C)C.CCCCCC(C)CCCCCC(C)(C)C.CCCCCCC(C)CCCCCC(C)(C)C. The molecule has 0 rings (SSSR count). The zero-order valence-electron chi connectivity index (χ0n) is 55.9. The number of rotatable bonds is 41. The Morgan fingerprint density at radius 3 is 0.889 bits per heavy atom. The summed E-state index contributed by atoms with van der Waals surface area (Å²) in [5, 5.41) is 0. The molecule has 0 aliphatic carbocycles. The van der Waals surface area contributed by atoms with Gasteiger partial charge in [-0.3, -0.25) is 0 Å². The molecule has 0 radical (unpaired) electrons. The number of hydrogen-bond donors (Lipinski definition) is 0. The Balaban J connectivity index is -0.000000432. The van der Waals surface area contributed by atoms with Crippen LogP contribution in [0.4, 0.5) is 0 Å². The van der Waals surface area contributed by atoms with Gasteiger partial charge in [-0.2, -0.15) is 0 Å². The molecule has 0 heterocycles. The summed E-state index contributed by atoms with van der Waals surface area (Å²) in [6.45, 7) is 54.3. The molecular weight excluding hydrogens is 865 g/mol. The van der Waals surface area contributed by atoms with E-state index < -0.39 is 0 Å². The van der Waals surface area contributed by atoms with Crippen molar-refractivity contribution < 1.29 is 0 Å². The van der Waals surface area contributed by atoms with Crippen LogP contribution in [0.5, 0.6) is 0 Å². The van der Waals surface area contributed by atoms with Crippen molar-refractivity contribution in [1.29, 1.82) is 0 Å². The van der Waals surface area contributed by atoms with E-state index in [4.69, 9.17) is 0 Å². The van der Waals surface area contributed by atoms with Gasteiger partial charge in [0.25, 0.3) is 0 Å². The minimum atomic E-state index is 0.500. The molecule has 0 nitrogen and oxygen atoms in total. The Bertz CT molecular complexity index is 1020. The van der Waals surface area contributed by atoms with Gasteiger partial charge in [0.1, 0.15) is 0 Å². The first-order chi connectivity index (χ1) is 33.5. The third kappa shape index (κ3) is 72.1. The third-order valence-corrected chi connectivity index (χ3v) is 15.8. The van der Waals surface area contributed by atoms with Crippen molar-refractivity contribution in [2.45, 2.75) is 403 Å². The van der Waals surface area contributed by atoms with Crippen LogP contribution in [0.25, 0.3) is 0 Å². The molecule has 0 saturated carbocycles. The maximum Gasteiger partial charge on any atom is -0.0380 e. The summed E-state index contributed by atoms with van der Waals surface area (Å²) >= 11 is 0. The highest BCUT2D eigenvalue weighted by Crippen LogP contribution is 2.31. The maximum absolute atomic E-state index is 2.44. The van der Waals surface area contributed by atoms with E-state index in [1.54, 1.807) is 0 Å². The smallest absolute Gasteiger partial charge is 0.0380 e. The lowest BCUT2D eigenvalue weighted by atomic mass is 9.82. The lowest BCUT2D eigenvalue weighted by molar-refractivity contribution is 0.279. The first-order valence-electron chi connectivity index (χ1n) is 33.5. The van der Waals surface area contributed by atoms with Crippen LogP contribution < -0.4 is 0 Å². The maximum atomic E-state index is 2.44. The van der Waals surface area contributed by atoms with Gasteiger partial charge < -0.3 is 0 Å². The Hall–Kier alpha value is 0. The largest absolute Gasteiger partial charge is 0.0654 e. The quantitative estimate of drug-likeness (QED) is 0.0536. The van der Waals surface area contributed by atoms with Crippen molar-refractivity contribution in [3.05, 3.63) is 0 Å². The van der Waals surface area contributed by atoms with Crippen LogP contribution in [0, 0.1) is 63.1 Å². The van der Waals surface area contributed by atoms with Gasteiger partial charge in [-0.25, -0.2) is 0 Å². The zero-order chi connectivity index (χ0) is 55.9. The van der Waals surface area contributed by atoms with Crippen molar-refractivity contribution >= 4 is 0 Å². The Morgan fingerprint density at radius 2 is 0.528 bits per heavy atom. The predicted octanol–water partition coefficient (Wildman–Crippen LogP) is 27.5. The Kier molecular flexibility index (Phi) is 55.1. The molecule has 0 aliphatic heterocycles. The van der Waals surface area contributed by atoms with Crippen LogP contribution in [0.15, 0.2) is 0 Å². The average Bonchev–Trinajstić information content (AvgIpc) is 3.25. The highest BCUT2D eigenvalue weighted by Gasteiger charge is 2.17. The Morgan fingerprint density at radius 1 is 0.222 bits per heavy atom. The normalized spacial score (nSPS) is 14.8. The van der Waals surface area contributed by atoms with Gasteiger partial charge in [-0.05, 0) is 88.8 Å². The molecule has 0 fully saturated rings. The van der Waals surface area contributed by atoms with E-state index in [0.29, 0.717) is 21.7 Å². The van der Waals surface area contributed by atoms with Crippen molar-refractivity contribution in [2.75, 3.05) is 0 Å². The van der Waals surface area contributed by atoms with Crippen molar-refractivity contribution in [3.63, 3.8) is 0 Å². The van der Waals surface area contributed by atoms with Gasteiger partial charge in [0, 0.05) is 0 Å². The zero-order valence-corrected chi connectivity index (χ0v) is 55.9. The molecule has 0 aromatic carbocycles. The van der Waals surface area contributed by atoms with E-state index in [1.807, 2.05) is 0 Å². The summed E-state index contributed by atoms with van der Waals surface area (Å²) in [5.41, 5.74) is 2.09. The molecule has 0 N–H and O–H groups in total. The van der Waals surface area contributed by atoms with Gasteiger partial charge in [0.15, 0.2) is 0 Å². The van der Waals surface area contributed by atoms with Crippen molar-refractivity contribution in [3.8, 4) is 0 Å². The topological polar surface area (TPSA) is 0 Å². The molecule has 0 aromatic rings. The summed E-state index contributed by atoms with van der Waals surface area (Å²) in [7, 11) is 0. The minimum Gasteiger partial charge on any atom is -0.0654 e. The molecule has 0 heteroatoms. The lowest BCUT2D eigenvalue weighted by Gasteiger charge is -2.24. The second kappa shape index (κ2) is 50.5. The van der Waals surface area contributed by atoms with Crippen LogP contribution in [0.2, 0.25) is 0 Å². The number of hydrogen-bond acceptors (Lipinski definition) is 0. The average molecular weight is 1020 g/mol.